The average Bonchev–Trinajstić information content (AvgIpc) is 3.73. The van der Waals surface area contributed by atoms with Gasteiger partial charge in [0.2, 0.25) is 17.5 Å². The molecule has 2 fully saturated rings. The van der Waals surface area contributed by atoms with E-state index in [-0.39, 0.29) is 47.4 Å². The van der Waals surface area contributed by atoms with E-state index in [1.165, 1.54) is 16.2 Å². The van der Waals surface area contributed by atoms with Crippen molar-refractivity contribution in [2.75, 3.05) is 50.6 Å². The molecule has 4 aliphatic rings. The number of nitrogens with one attached hydrogen (secondary N) is 2. The molecule has 2 saturated heterocycles. The molecular weight excluding hydrogens is 825 g/mol. The van der Waals surface area contributed by atoms with E-state index in [4.69, 9.17) is 4.74 Å². The minimum Gasteiger partial charge on any atom is -0.492 e. The van der Waals surface area contributed by atoms with Gasteiger partial charge in [-0.1, -0.05) is 43.5 Å². The Balaban J connectivity index is 0.872. The predicted octanol–water partition coefficient (Wildman–Crippen LogP) is 5.36. The van der Waals surface area contributed by atoms with Crippen molar-refractivity contribution in [3.63, 3.8) is 0 Å². The Morgan fingerprint density at radius 1 is 0.921 bits per heavy atom. The van der Waals surface area contributed by atoms with Crippen LogP contribution in [0.5, 0.6) is 5.75 Å². The number of carbonyl (C=O) groups excluding carboxylic acids is 6. The fourth-order valence-electron chi connectivity index (χ4n) is 9.50. The Kier molecular flexibility index (Phi) is 13.9. The van der Waals surface area contributed by atoms with Gasteiger partial charge >= 0.3 is 5.91 Å². The van der Waals surface area contributed by atoms with Gasteiger partial charge in [-0.15, -0.1) is 4.58 Å². The molecule has 6 amide bonds. The standard InChI is InChI=1S/C47H56N6O9S/c1-5-62-40-27-31(18-19-36(40)48-2)39(29-63(4,60)61)53-46(58)34-15-12-16-37(43(34)47(53)59)50(3)42(55)17-9-7-6-8-10-24-51-25-22-30(23-26-51)32-13-11-14-33-35(32)28-52(45(33)57)38-20-21-41(54)49-44(38)56/h11-16,18-19,27,30,38-39,48H,3,5-10,17,20-26,28-29H2,1-2,4H3/p+1/t38?,39-/m1/s1. The molecule has 63 heavy (non-hydrogen) atoms. The predicted molar refractivity (Wildman–Crippen MR) is 237 cm³/mol. The summed E-state index contributed by atoms with van der Waals surface area (Å²) >= 11 is 0. The highest BCUT2D eigenvalue weighted by molar-refractivity contribution is 7.90. The molecule has 16 heteroatoms. The molecule has 2 atom stereocenters. The van der Waals surface area contributed by atoms with Gasteiger partial charge in [0.1, 0.15) is 33.9 Å². The number of hydrogen-bond donors (Lipinski definition) is 2. The van der Waals surface area contributed by atoms with Crippen molar-refractivity contribution < 1.29 is 46.5 Å². The lowest BCUT2D eigenvalue weighted by Gasteiger charge is -2.33. The van der Waals surface area contributed by atoms with Crippen LogP contribution in [0, 0.1) is 0 Å². The third-order valence-corrected chi connectivity index (χ3v) is 13.7. The molecule has 0 bridgehead atoms. The van der Waals surface area contributed by atoms with Gasteiger partial charge in [-0.3, -0.25) is 34.2 Å². The van der Waals surface area contributed by atoms with Crippen LogP contribution in [0.25, 0.3) is 0 Å². The zero-order chi connectivity index (χ0) is 45.0. The summed E-state index contributed by atoms with van der Waals surface area (Å²) in [5.74, 6) is -2.19. The van der Waals surface area contributed by atoms with Crippen LogP contribution in [0.3, 0.4) is 0 Å². The van der Waals surface area contributed by atoms with Crippen LogP contribution in [0.1, 0.15) is 131 Å². The highest BCUT2D eigenvalue weighted by atomic mass is 32.2. The van der Waals surface area contributed by atoms with Crippen molar-refractivity contribution in [1.82, 2.24) is 20.0 Å². The maximum Gasteiger partial charge on any atom is 0.392 e. The van der Waals surface area contributed by atoms with Crippen LogP contribution in [0.15, 0.2) is 54.6 Å². The van der Waals surface area contributed by atoms with Gasteiger partial charge in [0.25, 0.3) is 17.7 Å². The van der Waals surface area contributed by atoms with Crippen molar-refractivity contribution in [1.29, 1.82) is 0 Å². The number of imide groups is 2. The number of ether oxygens (including phenoxy) is 1. The second-order valence-corrected chi connectivity index (χ2v) is 19.1. The minimum atomic E-state index is -3.68. The van der Waals surface area contributed by atoms with Crippen LogP contribution >= 0.6 is 0 Å². The zero-order valence-electron chi connectivity index (χ0n) is 36.3. The lowest BCUT2D eigenvalue weighted by atomic mass is 9.85. The Morgan fingerprint density at radius 2 is 1.63 bits per heavy atom. The number of carbonyl (C=O) groups is 6. The van der Waals surface area contributed by atoms with Crippen LogP contribution < -0.4 is 15.4 Å². The van der Waals surface area contributed by atoms with Gasteiger partial charge in [0.05, 0.1) is 36.1 Å². The molecule has 0 aromatic heterocycles. The number of anilines is 1. The maximum atomic E-state index is 14.1. The molecule has 4 aliphatic heterocycles. The quantitative estimate of drug-likeness (QED) is 0.0727. The number of nitrogens with zero attached hydrogens (tertiary/aromatic N) is 4. The van der Waals surface area contributed by atoms with Crippen molar-refractivity contribution in [2.24, 2.45) is 0 Å². The van der Waals surface area contributed by atoms with Gasteiger partial charge in [0.15, 0.2) is 0 Å². The summed E-state index contributed by atoms with van der Waals surface area (Å²) in [4.78, 5) is 84.1. The molecule has 0 aliphatic carbocycles. The molecule has 15 nitrogen and oxygen atoms in total. The SMILES string of the molecule is C=[N+](C(=O)CCCCCCCN1CCC(c2cccc3c2CN(C2CCC(=O)NC2=O)C3=O)CC1)c1cccc2c1C(=O)N([C@H](CS(C)(=O)=O)c1ccc(NC)c(OCC)c1)C2=O. The first-order valence-corrected chi connectivity index (χ1v) is 24.0. The smallest absolute Gasteiger partial charge is 0.392 e. The molecule has 4 heterocycles. The molecule has 1 unspecified atom stereocenters. The van der Waals surface area contributed by atoms with Gasteiger partial charge in [-0.2, -0.15) is 0 Å². The number of unbranched alkanes of at least 4 members (excludes halogenated alkanes) is 4. The van der Waals surface area contributed by atoms with E-state index in [1.54, 1.807) is 42.3 Å². The Labute approximate surface area is 368 Å². The van der Waals surface area contributed by atoms with E-state index >= 15 is 0 Å². The molecule has 3 aromatic rings. The topological polar surface area (TPSA) is 183 Å². The minimum absolute atomic E-state index is 0.0180. The van der Waals surface area contributed by atoms with E-state index in [2.05, 4.69) is 28.3 Å². The van der Waals surface area contributed by atoms with Crippen LogP contribution in [-0.4, -0.2) is 121 Å². The second kappa shape index (κ2) is 19.3. The summed E-state index contributed by atoms with van der Waals surface area (Å²) in [6, 6.07) is 13.8. The lowest BCUT2D eigenvalue weighted by Crippen LogP contribution is -2.52. The van der Waals surface area contributed by atoms with Crippen LogP contribution in [-0.2, 0) is 30.8 Å². The van der Waals surface area contributed by atoms with Crippen molar-refractivity contribution in [2.45, 2.75) is 95.7 Å². The van der Waals surface area contributed by atoms with E-state index in [0.717, 1.165) is 74.9 Å². The summed E-state index contributed by atoms with van der Waals surface area (Å²) in [7, 11) is -1.95. The van der Waals surface area contributed by atoms with E-state index in [1.807, 2.05) is 19.1 Å². The summed E-state index contributed by atoms with van der Waals surface area (Å²) in [6.45, 7) is 9.43. The van der Waals surface area contributed by atoms with E-state index in [0.29, 0.717) is 54.5 Å². The van der Waals surface area contributed by atoms with Gasteiger partial charge < -0.3 is 19.9 Å². The lowest BCUT2D eigenvalue weighted by molar-refractivity contribution is -0.359. The first-order chi connectivity index (χ1) is 30.2. The number of fused-ring (bicyclic) bond motifs is 2. The number of hydrogen-bond acceptors (Lipinski definition) is 11. The summed E-state index contributed by atoms with van der Waals surface area (Å²) in [6.07, 6.45) is 8.30. The Hall–Kier alpha value is -5.74. The number of amides is 6. The van der Waals surface area contributed by atoms with Gasteiger partial charge in [-0.05, 0) is 106 Å². The van der Waals surface area contributed by atoms with E-state index in [9.17, 15) is 37.2 Å². The third-order valence-electron chi connectivity index (χ3n) is 12.8. The number of piperidine rings is 2. The Bertz CT molecular complexity index is 2440. The average molecular weight is 882 g/mol. The monoisotopic (exact) mass is 881 g/mol. The molecule has 2 N–H and O–H groups in total. The van der Waals surface area contributed by atoms with Gasteiger partial charge in [-0.25, -0.2) is 13.2 Å². The zero-order valence-corrected chi connectivity index (χ0v) is 37.1. The fourth-order valence-corrected chi connectivity index (χ4v) is 10.4. The highest BCUT2D eigenvalue weighted by Crippen LogP contribution is 2.40. The van der Waals surface area contributed by atoms with Crippen LogP contribution in [0.2, 0.25) is 0 Å². The third kappa shape index (κ3) is 9.76. The Morgan fingerprint density at radius 3 is 2.35 bits per heavy atom. The van der Waals surface area contributed by atoms with Crippen molar-refractivity contribution in [3.05, 3.63) is 88.0 Å². The normalized spacial score (nSPS) is 18.7. The summed E-state index contributed by atoms with van der Waals surface area (Å²) < 4.78 is 32.3. The van der Waals surface area contributed by atoms with E-state index < -0.39 is 45.4 Å². The number of likely N-dealkylation sites (tertiary alicyclic amines) is 1. The van der Waals surface area contributed by atoms with Crippen molar-refractivity contribution >= 4 is 63.4 Å². The molecule has 0 spiro atoms. The molecule has 334 valence electrons. The number of rotatable bonds is 18. The molecule has 3 aromatic carbocycles. The molecular formula is C47H57N6O9S+. The van der Waals surface area contributed by atoms with Crippen molar-refractivity contribution in [3.8, 4) is 5.75 Å². The maximum absolute atomic E-state index is 14.1. The molecule has 7 rings (SSSR count). The summed E-state index contributed by atoms with van der Waals surface area (Å²) in [5, 5.41) is 5.41. The van der Waals surface area contributed by atoms with Crippen LogP contribution in [0.4, 0.5) is 11.4 Å². The number of sulfone groups is 1. The van der Waals surface area contributed by atoms with Gasteiger partial charge in [0, 0.05) is 37.9 Å². The molecule has 0 saturated carbocycles. The fraction of sp³-hybridized carbons (Fsp3) is 0.468. The summed E-state index contributed by atoms with van der Waals surface area (Å²) in [5.41, 5.74) is 4.23. The first-order valence-electron chi connectivity index (χ1n) is 22.0. The number of benzene rings is 3. The highest BCUT2D eigenvalue weighted by Gasteiger charge is 2.46. The second-order valence-electron chi connectivity index (χ2n) is 17.0. The largest absolute Gasteiger partial charge is 0.492 e. The first kappa shape index (κ1) is 45.3. The molecule has 0 radical (unpaired) electrons.